The van der Waals surface area contributed by atoms with Crippen LogP contribution in [0.1, 0.15) is 78.2 Å². The van der Waals surface area contributed by atoms with E-state index in [9.17, 15) is 13.6 Å². The van der Waals surface area contributed by atoms with Crippen LogP contribution in [0.15, 0.2) is 36.4 Å². The second-order valence-electron chi connectivity index (χ2n) is 9.83. The molecule has 0 bridgehead atoms. The van der Waals surface area contributed by atoms with E-state index in [1.54, 1.807) is 25.1 Å². The molecule has 1 saturated carbocycles. The molecule has 4 rings (SSSR count). The van der Waals surface area contributed by atoms with Gasteiger partial charge in [0.05, 0.1) is 18.2 Å². The molecule has 0 radical (unpaired) electrons. The molecule has 1 heterocycles. The third-order valence-electron chi connectivity index (χ3n) is 6.99. The van der Waals surface area contributed by atoms with Gasteiger partial charge in [0.1, 0.15) is 5.75 Å². The number of rotatable bonds is 7. The minimum atomic E-state index is -2.93. The Morgan fingerprint density at radius 2 is 1.91 bits per heavy atom. The number of hydrogen-bond donors (Lipinski definition) is 1. The SMILES string of the molecule is C[C@H](NC(=O)c1ccc2c(c1)COC2(C)C)c1ccc(C2CC(N(C)C)C2)cc1OC(F)F. The molecular formula is C26H32F2N2O3. The summed E-state index contributed by atoms with van der Waals surface area (Å²) < 4.78 is 36.9. The standard InChI is InChI=1S/C26H32F2N2O3/c1-15(29-24(31)17-7-9-22-19(10-17)14-32-26(22,2)3)21-8-6-16(13-23(21)33-25(27)28)18-11-20(12-18)30(4)5/h6-10,13,15,18,20,25H,11-12,14H2,1-5H3,(H,29,31)/t15-,18?,20?/m0/s1. The lowest BCUT2D eigenvalue weighted by molar-refractivity contribution is -0.0507. The summed E-state index contributed by atoms with van der Waals surface area (Å²) in [4.78, 5) is 15.1. The second kappa shape index (κ2) is 9.03. The van der Waals surface area contributed by atoms with Gasteiger partial charge < -0.3 is 19.7 Å². The summed E-state index contributed by atoms with van der Waals surface area (Å²) in [6, 6.07) is 11.0. The topological polar surface area (TPSA) is 50.8 Å². The first-order chi connectivity index (χ1) is 15.5. The van der Waals surface area contributed by atoms with Crippen molar-refractivity contribution >= 4 is 5.91 Å². The zero-order valence-electron chi connectivity index (χ0n) is 19.8. The molecule has 0 aromatic heterocycles. The fourth-order valence-corrected chi connectivity index (χ4v) is 4.78. The predicted molar refractivity (Wildman–Crippen MR) is 123 cm³/mol. The molecule has 0 spiro atoms. The lowest BCUT2D eigenvalue weighted by Crippen LogP contribution is -2.39. The second-order valence-corrected chi connectivity index (χ2v) is 9.83. The molecule has 1 aliphatic carbocycles. The van der Waals surface area contributed by atoms with Crippen LogP contribution < -0.4 is 10.1 Å². The number of amides is 1. The van der Waals surface area contributed by atoms with Crippen LogP contribution in [0.5, 0.6) is 5.75 Å². The monoisotopic (exact) mass is 458 g/mol. The molecule has 5 nitrogen and oxygen atoms in total. The highest BCUT2D eigenvalue weighted by atomic mass is 19.3. The molecule has 1 amide bonds. The van der Waals surface area contributed by atoms with Gasteiger partial charge in [-0.05, 0) is 88.5 Å². The van der Waals surface area contributed by atoms with Crippen molar-refractivity contribution in [1.29, 1.82) is 0 Å². The van der Waals surface area contributed by atoms with Gasteiger partial charge in [-0.1, -0.05) is 18.2 Å². The zero-order valence-corrected chi connectivity index (χ0v) is 19.8. The van der Waals surface area contributed by atoms with Crippen LogP contribution in [-0.2, 0) is 16.9 Å². The molecular weight excluding hydrogens is 426 g/mol. The lowest BCUT2D eigenvalue weighted by Gasteiger charge is -2.40. The lowest BCUT2D eigenvalue weighted by atomic mass is 9.75. The number of nitrogens with zero attached hydrogens (tertiary/aromatic N) is 1. The van der Waals surface area contributed by atoms with Crippen LogP contribution in [0, 0.1) is 0 Å². The highest BCUT2D eigenvalue weighted by Gasteiger charge is 2.33. The predicted octanol–water partition coefficient (Wildman–Crippen LogP) is 5.35. The first-order valence-corrected chi connectivity index (χ1v) is 11.4. The molecule has 1 N–H and O–H groups in total. The van der Waals surface area contributed by atoms with Gasteiger partial charge in [-0.25, -0.2) is 0 Å². The van der Waals surface area contributed by atoms with Gasteiger partial charge in [-0.2, -0.15) is 8.78 Å². The van der Waals surface area contributed by atoms with Crippen molar-refractivity contribution in [3.05, 3.63) is 64.2 Å². The van der Waals surface area contributed by atoms with E-state index in [1.807, 2.05) is 32.0 Å². The quantitative estimate of drug-likeness (QED) is 0.608. The smallest absolute Gasteiger partial charge is 0.387 e. The van der Waals surface area contributed by atoms with Gasteiger partial charge in [-0.3, -0.25) is 4.79 Å². The normalized spacial score (nSPS) is 22.1. The Bertz CT molecular complexity index is 1030. The van der Waals surface area contributed by atoms with Crippen LogP contribution >= 0.6 is 0 Å². The minimum Gasteiger partial charge on any atom is -0.434 e. The molecule has 0 unspecified atom stereocenters. The molecule has 2 aromatic carbocycles. The third kappa shape index (κ3) is 4.89. The van der Waals surface area contributed by atoms with Crippen LogP contribution in [0.4, 0.5) is 8.78 Å². The van der Waals surface area contributed by atoms with Gasteiger partial charge in [0, 0.05) is 17.2 Å². The average Bonchev–Trinajstić information content (AvgIpc) is 3.00. The van der Waals surface area contributed by atoms with Crippen LogP contribution in [0.3, 0.4) is 0 Å². The maximum absolute atomic E-state index is 13.1. The number of hydrogen-bond acceptors (Lipinski definition) is 4. The number of carbonyl (C=O) groups excluding carboxylic acids is 1. The fourth-order valence-electron chi connectivity index (χ4n) is 4.78. The summed E-state index contributed by atoms with van der Waals surface area (Å²) in [5.74, 6) is 0.178. The molecule has 0 saturated heterocycles. The number of halogens is 2. The molecule has 33 heavy (non-hydrogen) atoms. The van der Waals surface area contributed by atoms with E-state index in [0.717, 1.165) is 29.5 Å². The van der Waals surface area contributed by atoms with Crippen molar-refractivity contribution in [3.63, 3.8) is 0 Å². The Hall–Kier alpha value is -2.51. The van der Waals surface area contributed by atoms with E-state index in [0.29, 0.717) is 29.7 Å². The third-order valence-corrected chi connectivity index (χ3v) is 6.99. The number of nitrogens with one attached hydrogen (secondary N) is 1. The van der Waals surface area contributed by atoms with Crippen LogP contribution in [0.2, 0.25) is 0 Å². The van der Waals surface area contributed by atoms with Gasteiger partial charge in [-0.15, -0.1) is 0 Å². The summed E-state index contributed by atoms with van der Waals surface area (Å²) in [5, 5.41) is 2.93. The van der Waals surface area contributed by atoms with Gasteiger partial charge in [0.15, 0.2) is 0 Å². The van der Waals surface area contributed by atoms with E-state index in [2.05, 4.69) is 24.3 Å². The molecule has 7 heteroatoms. The van der Waals surface area contributed by atoms with Crippen molar-refractivity contribution in [2.45, 2.75) is 70.4 Å². The van der Waals surface area contributed by atoms with E-state index in [4.69, 9.17) is 9.47 Å². The van der Waals surface area contributed by atoms with E-state index < -0.39 is 12.7 Å². The van der Waals surface area contributed by atoms with Crippen molar-refractivity contribution in [2.24, 2.45) is 0 Å². The first kappa shape index (κ1) is 23.6. The molecule has 1 aliphatic heterocycles. The molecule has 1 atom stereocenters. The summed E-state index contributed by atoms with van der Waals surface area (Å²) in [6.45, 7) is 3.30. The first-order valence-electron chi connectivity index (χ1n) is 11.4. The van der Waals surface area contributed by atoms with Crippen LogP contribution in [0.25, 0.3) is 0 Å². The molecule has 1 fully saturated rings. The van der Waals surface area contributed by atoms with E-state index in [1.165, 1.54) is 0 Å². The Morgan fingerprint density at radius 1 is 1.18 bits per heavy atom. The summed E-state index contributed by atoms with van der Waals surface area (Å²) >= 11 is 0. The summed E-state index contributed by atoms with van der Waals surface area (Å²) in [7, 11) is 4.10. The van der Waals surface area contributed by atoms with Crippen LogP contribution in [-0.4, -0.2) is 37.6 Å². The Balaban J connectivity index is 1.50. The molecule has 2 aliphatic rings. The van der Waals surface area contributed by atoms with Gasteiger partial charge >= 0.3 is 6.61 Å². The van der Waals surface area contributed by atoms with Crippen molar-refractivity contribution < 1.29 is 23.0 Å². The molecule has 178 valence electrons. The van der Waals surface area contributed by atoms with Crippen molar-refractivity contribution in [1.82, 2.24) is 10.2 Å². The molecule has 2 aromatic rings. The van der Waals surface area contributed by atoms with Crippen molar-refractivity contribution in [3.8, 4) is 5.75 Å². The zero-order chi connectivity index (χ0) is 23.9. The largest absolute Gasteiger partial charge is 0.434 e. The number of alkyl halides is 2. The Morgan fingerprint density at radius 3 is 2.58 bits per heavy atom. The fraction of sp³-hybridized carbons (Fsp3) is 0.500. The maximum Gasteiger partial charge on any atom is 0.387 e. The van der Waals surface area contributed by atoms with Gasteiger partial charge in [0.25, 0.3) is 5.91 Å². The minimum absolute atomic E-state index is 0.118. The Labute approximate surface area is 194 Å². The van der Waals surface area contributed by atoms with Crippen molar-refractivity contribution in [2.75, 3.05) is 14.1 Å². The van der Waals surface area contributed by atoms with Gasteiger partial charge in [0.2, 0.25) is 0 Å². The highest BCUT2D eigenvalue weighted by molar-refractivity contribution is 5.94. The maximum atomic E-state index is 13.1. The number of ether oxygens (including phenoxy) is 2. The summed E-state index contributed by atoms with van der Waals surface area (Å²) in [5.41, 5.74) is 3.73. The van der Waals surface area contributed by atoms with E-state index >= 15 is 0 Å². The Kier molecular flexibility index (Phi) is 6.47. The highest BCUT2D eigenvalue weighted by Crippen LogP contribution is 2.41. The number of benzene rings is 2. The average molecular weight is 459 g/mol. The van der Waals surface area contributed by atoms with E-state index in [-0.39, 0.29) is 17.3 Å². The number of carbonyl (C=O) groups is 1. The number of fused-ring (bicyclic) bond motifs is 1. The summed E-state index contributed by atoms with van der Waals surface area (Å²) in [6.07, 6.45) is 1.98.